The second-order valence-electron chi connectivity index (χ2n) is 3.50. The van der Waals surface area contributed by atoms with Crippen LogP contribution in [0.3, 0.4) is 0 Å². The van der Waals surface area contributed by atoms with Gasteiger partial charge < -0.3 is 5.32 Å². The molecule has 0 saturated heterocycles. The highest BCUT2D eigenvalue weighted by Crippen LogP contribution is 2.16. The van der Waals surface area contributed by atoms with Crippen LogP contribution in [0, 0.1) is 17.1 Å². The van der Waals surface area contributed by atoms with Crippen LogP contribution < -0.4 is 5.32 Å². The molecule has 0 aliphatic heterocycles. The van der Waals surface area contributed by atoms with Gasteiger partial charge in [0.15, 0.2) is 0 Å². The van der Waals surface area contributed by atoms with Gasteiger partial charge in [-0.1, -0.05) is 13.8 Å². The van der Waals surface area contributed by atoms with Gasteiger partial charge in [-0.2, -0.15) is 5.26 Å². The molecule has 80 valence electrons. The summed E-state index contributed by atoms with van der Waals surface area (Å²) in [6, 6.07) is 6.59. The van der Waals surface area contributed by atoms with Crippen LogP contribution in [-0.4, -0.2) is 6.04 Å². The van der Waals surface area contributed by atoms with Crippen molar-refractivity contribution in [2.24, 2.45) is 0 Å². The summed E-state index contributed by atoms with van der Waals surface area (Å²) in [6.45, 7) is 4.15. The zero-order valence-electron chi connectivity index (χ0n) is 9.05. The van der Waals surface area contributed by atoms with Gasteiger partial charge in [-0.15, -0.1) is 0 Å². The normalized spacial score (nSPS) is 10.1. The van der Waals surface area contributed by atoms with Crippen molar-refractivity contribution < 1.29 is 4.39 Å². The van der Waals surface area contributed by atoms with Crippen molar-refractivity contribution in [1.82, 2.24) is 0 Å². The Morgan fingerprint density at radius 1 is 1.33 bits per heavy atom. The zero-order chi connectivity index (χ0) is 11.3. The van der Waals surface area contributed by atoms with E-state index in [4.69, 9.17) is 5.26 Å². The molecule has 0 atom stereocenters. The minimum absolute atomic E-state index is 0.332. The molecule has 0 bridgehead atoms. The quantitative estimate of drug-likeness (QED) is 0.820. The van der Waals surface area contributed by atoms with E-state index in [2.05, 4.69) is 19.2 Å². The highest BCUT2D eigenvalue weighted by Gasteiger charge is 2.05. The first-order chi connectivity index (χ1) is 7.19. The topological polar surface area (TPSA) is 35.8 Å². The molecule has 0 aliphatic rings. The Kier molecular flexibility index (Phi) is 4.11. The molecule has 2 nitrogen and oxygen atoms in total. The van der Waals surface area contributed by atoms with E-state index in [0.717, 1.165) is 12.8 Å². The Morgan fingerprint density at radius 3 is 2.53 bits per heavy atom. The molecule has 3 heteroatoms. The molecule has 1 aromatic carbocycles. The highest BCUT2D eigenvalue weighted by molar-refractivity contribution is 5.50. The SMILES string of the molecule is CCC(CC)Nc1cc(F)cc(C#N)c1. The maximum atomic E-state index is 13.1. The van der Waals surface area contributed by atoms with E-state index in [1.54, 1.807) is 6.07 Å². The Labute approximate surface area is 89.7 Å². The Bertz CT molecular complexity index is 364. The van der Waals surface area contributed by atoms with Crippen LogP contribution in [0.2, 0.25) is 0 Å². The lowest BCUT2D eigenvalue weighted by Crippen LogP contribution is -2.17. The maximum absolute atomic E-state index is 13.1. The van der Waals surface area contributed by atoms with Gasteiger partial charge >= 0.3 is 0 Å². The maximum Gasteiger partial charge on any atom is 0.126 e. The molecule has 1 rings (SSSR count). The van der Waals surface area contributed by atoms with Gasteiger partial charge in [0.05, 0.1) is 11.6 Å². The van der Waals surface area contributed by atoms with Crippen LogP contribution in [0.5, 0.6) is 0 Å². The molecule has 0 radical (unpaired) electrons. The van der Waals surface area contributed by atoms with Crippen LogP contribution in [0.25, 0.3) is 0 Å². The first-order valence-corrected chi connectivity index (χ1v) is 5.16. The Morgan fingerprint density at radius 2 is 2.00 bits per heavy atom. The number of rotatable bonds is 4. The van der Waals surface area contributed by atoms with Crippen LogP contribution in [0.4, 0.5) is 10.1 Å². The van der Waals surface area contributed by atoms with Gasteiger partial charge in [-0.3, -0.25) is 0 Å². The fraction of sp³-hybridized carbons (Fsp3) is 0.417. The number of hydrogen-bond donors (Lipinski definition) is 1. The molecule has 0 heterocycles. The van der Waals surface area contributed by atoms with Crippen molar-refractivity contribution in [1.29, 1.82) is 5.26 Å². The average molecular weight is 206 g/mol. The summed E-state index contributed by atoms with van der Waals surface area (Å²) in [5.41, 5.74) is 1.03. The molecule has 0 spiro atoms. The summed E-state index contributed by atoms with van der Waals surface area (Å²) in [5, 5.41) is 11.9. The summed E-state index contributed by atoms with van der Waals surface area (Å²) < 4.78 is 13.1. The van der Waals surface area contributed by atoms with Crippen LogP contribution in [0.15, 0.2) is 18.2 Å². The van der Waals surface area contributed by atoms with Crippen molar-refractivity contribution in [3.05, 3.63) is 29.6 Å². The monoisotopic (exact) mass is 206 g/mol. The highest BCUT2D eigenvalue weighted by atomic mass is 19.1. The molecule has 0 amide bonds. The Balaban J connectivity index is 2.85. The van der Waals surface area contributed by atoms with Gasteiger partial charge in [0.1, 0.15) is 5.82 Å². The average Bonchev–Trinajstić information content (AvgIpc) is 2.25. The van der Waals surface area contributed by atoms with Crippen LogP contribution >= 0.6 is 0 Å². The van der Waals surface area contributed by atoms with Crippen molar-refractivity contribution in [2.75, 3.05) is 5.32 Å². The molecule has 0 aliphatic carbocycles. The predicted octanol–water partition coefficient (Wildman–Crippen LogP) is 3.30. The van der Waals surface area contributed by atoms with E-state index in [1.165, 1.54) is 12.1 Å². The first kappa shape index (κ1) is 11.5. The fourth-order valence-electron chi connectivity index (χ4n) is 1.47. The lowest BCUT2D eigenvalue weighted by Gasteiger charge is -2.16. The Hall–Kier alpha value is -1.56. The zero-order valence-corrected chi connectivity index (χ0v) is 9.05. The van der Waals surface area contributed by atoms with Crippen molar-refractivity contribution in [3.63, 3.8) is 0 Å². The number of halogens is 1. The first-order valence-electron chi connectivity index (χ1n) is 5.16. The molecule has 0 aromatic heterocycles. The lowest BCUT2D eigenvalue weighted by molar-refractivity contribution is 0.625. The molecular formula is C12H15FN2. The van der Waals surface area contributed by atoms with Gasteiger partial charge in [0, 0.05) is 11.7 Å². The lowest BCUT2D eigenvalue weighted by atomic mass is 10.1. The minimum Gasteiger partial charge on any atom is -0.382 e. The second-order valence-corrected chi connectivity index (χ2v) is 3.50. The molecule has 1 aromatic rings. The van der Waals surface area contributed by atoms with Crippen molar-refractivity contribution in [2.45, 2.75) is 32.7 Å². The molecule has 0 fully saturated rings. The summed E-state index contributed by atoms with van der Waals surface area (Å²) in [5.74, 6) is -0.373. The van der Waals surface area contributed by atoms with Gasteiger partial charge in [0.25, 0.3) is 0 Å². The van der Waals surface area contributed by atoms with Gasteiger partial charge in [0.2, 0.25) is 0 Å². The number of hydrogen-bond acceptors (Lipinski definition) is 2. The van der Waals surface area contributed by atoms with Gasteiger partial charge in [-0.05, 0) is 31.0 Å². The second kappa shape index (κ2) is 5.35. The minimum atomic E-state index is -0.373. The van der Waals surface area contributed by atoms with E-state index in [9.17, 15) is 4.39 Å². The summed E-state index contributed by atoms with van der Waals surface area (Å²) in [6.07, 6.45) is 1.96. The van der Waals surface area contributed by atoms with Crippen molar-refractivity contribution >= 4 is 5.69 Å². The molecule has 1 N–H and O–H groups in total. The molecule has 15 heavy (non-hydrogen) atoms. The largest absolute Gasteiger partial charge is 0.382 e. The number of nitrogens with one attached hydrogen (secondary N) is 1. The summed E-state index contributed by atoms with van der Waals surface area (Å²) in [7, 11) is 0. The third-order valence-corrected chi connectivity index (χ3v) is 2.38. The van der Waals surface area contributed by atoms with E-state index >= 15 is 0 Å². The number of nitriles is 1. The van der Waals surface area contributed by atoms with Crippen molar-refractivity contribution in [3.8, 4) is 6.07 Å². The third-order valence-electron chi connectivity index (χ3n) is 2.38. The summed E-state index contributed by atoms with van der Waals surface area (Å²) in [4.78, 5) is 0. The number of nitrogens with zero attached hydrogens (tertiary/aromatic N) is 1. The fourth-order valence-corrected chi connectivity index (χ4v) is 1.47. The third kappa shape index (κ3) is 3.25. The standard InChI is InChI=1S/C12H15FN2/c1-3-11(4-2)15-12-6-9(8-14)5-10(13)7-12/h5-7,11,15H,3-4H2,1-2H3. The van der Waals surface area contributed by atoms with E-state index < -0.39 is 0 Å². The number of benzene rings is 1. The van der Waals surface area contributed by atoms with E-state index in [0.29, 0.717) is 17.3 Å². The van der Waals surface area contributed by atoms with Crippen LogP contribution in [0.1, 0.15) is 32.3 Å². The van der Waals surface area contributed by atoms with Crippen LogP contribution in [-0.2, 0) is 0 Å². The summed E-state index contributed by atoms with van der Waals surface area (Å²) >= 11 is 0. The molecular weight excluding hydrogens is 191 g/mol. The smallest absolute Gasteiger partial charge is 0.126 e. The van der Waals surface area contributed by atoms with Gasteiger partial charge in [-0.25, -0.2) is 4.39 Å². The molecule has 0 saturated carbocycles. The van der Waals surface area contributed by atoms with E-state index in [-0.39, 0.29) is 5.82 Å². The predicted molar refractivity (Wildman–Crippen MR) is 59.1 cm³/mol. The van der Waals surface area contributed by atoms with E-state index in [1.807, 2.05) is 6.07 Å². The number of anilines is 1. The molecule has 0 unspecified atom stereocenters.